The predicted molar refractivity (Wildman–Crippen MR) is 123 cm³/mol. The summed E-state index contributed by atoms with van der Waals surface area (Å²) in [4.78, 5) is 7.28. The summed E-state index contributed by atoms with van der Waals surface area (Å²) in [6, 6.07) is 0.750. The number of nitrogens with zero attached hydrogens (tertiary/aromatic N) is 2. The van der Waals surface area contributed by atoms with Crippen LogP contribution in [0.4, 0.5) is 0 Å². The Morgan fingerprint density at radius 1 is 1.19 bits per heavy atom. The minimum Gasteiger partial charge on any atom is -0.379 e. The highest BCUT2D eigenvalue weighted by Gasteiger charge is 2.17. The first kappa shape index (κ1) is 24.9. The topological polar surface area (TPSA) is 58.1 Å². The third kappa shape index (κ3) is 10.9. The molecule has 0 bridgehead atoms. The molecule has 0 spiro atoms. The van der Waals surface area contributed by atoms with Crippen molar-refractivity contribution in [3.8, 4) is 0 Å². The third-order valence-corrected chi connectivity index (χ3v) is 5.24. The van der Waals surface area contributed by atoms with Crippen LogP contribution in [-0.2, 0) is 9.47 Å². The lowest BCUT2D eigenvalue weighted by molar-refractivity contribution is 0.0171. The van der Waals surface area contributed by atoms with Crippen LogP contribution in [0, 0.1) is 0 Å². The molecule has 0 aromatic rings. The molecule has 2 N–H and O–H groups in total. The lowest BCUT2D eigenvalue weighted by Crippen LogP contribution is -2.41. The number of hydrogen-bond donors (Lipinski definition) is 2. The molecule has 2 heterocycles. The summed E-state index contributed by atoms with van der Waals surface area (Å²) in [6.07, 6.45) is 8.86. The van der Waals surface area contributed by atoms with Gasteiger partial charge in [0.15, 0.2) is 5.96 Å². The summed E-state index contributed by atoms with van der Waals surface area (Å²) in [6.45, 7) is 12.0. The molecule has 27 heavy (non-hydrogen) atoms. The summed E-state index contributed by atoms with van der Waals surface area (Å²) in [7, 11) is 0. The number of rotatable bonds is 11. The first-order chi connectivity index (χ1) is 12.8. The van der Waals surface area contributed by atoms with Gasteiger partial charge in [-0.15, -0.1) is 24.0 Å². The molecule has 2 atom stereocenters. The van der Waals surface area contributed by atoms with Crippen LogP contribution in [0.5, 0.6) is 0 Å². The number of aliphatic imine (C=N–C) groups is 1. The zero-order valence-corrected chi connectivity index (χ0v) is 19.7. The fraction of sp³-hybridized carbons (Fsp3) is 0.950. The van der Waals surface area contributed by atoms with E-state index in [-0.39, 0.29) is 24.0 Å². The van der Waals surface area contributed by atoms with Gasteiger partial charge in [-0.1, -0.05) is 6.42 Å². The molecular weight excluding hydrogens is 455 g/mol. The number of nitrogens with one attached hydrogen (secondary N) is 2. The predicted octanol–water partition coefficient (Wildman–Crippen LogP) is 3.01. The molecule has 2 unspecified atom stereocenters. The van der Waals surface area contributed by atoms with Crippen LogP contribution >= 0.6 is 24.0 Å². The second-order valence-electron chi connectivity index (χ2n) is 7.49. The minimum absolute atomic E-state index is 0. The maximum Gasteiger partial charge on any atom is 0.191 e. The lowest BCUT2D eigenvalue weighted by atomic mass is 10.0. The number of guanidine groups is 1. The van der Waals surface area contributed by atoms with Crippen molar-refractivity contribution in [1.29, 1.82) is 0 Å². The molecule has 2 saturated heterocycles. The molecule has 0 amide bonds. The van der Waals surface area contributed by atoms with Crippen LogP contribution < -0.4 is 10.6 Å². The van der Waals surface area contributed by atoms with Gasteiger partial charge in [0.2, 0.25) is 0 Å². The smallest absolute Gasteiger partial charge is 0.191 e. The minimum atomic E-state index is 0. The van der Waals surface area contributed by atoms with Crippen molar-refractivity contribution >= 4 is 29.9 Å². The second-order valence-corrected chi connectivity index (χ2v) is 7.49. The maximum absolute atomic E-state index is 5.69. The monoisotopic (exact) mass is 496 g/mol. The van der Waals surface area contributed by atoms with E-state index < -0.39 is 0 Å². The van der Waals surface area contributed by atoms with E-state index in [2.05, 4.69) is 34.4 Å². The van der Waals surface area contributed by atoms with Crippen LogP contribution in [0.1, 0.15) is 58.8 Å². The average Bonchev–Trinajstić information content (AvgIpc) is 3.16. The highest BCUT2D eigenvalue weighted by atomic mass is 127. The maximum atomic E-state index is 5.69. The van der Waals surface area contributed by atoms with Gasteiger partial charge in [0, 0.05) is 45.4 Å². The zero-order valence-electron chi connectivity index (χ0n) is 17.4. The van der Waals surface area contributed by atoms with E-state index in [9.17, 15) is 0 Å². The van der Waals surface area contributed by atoms with E-state index >= 15 is 0 Å². The molecular formula is C20H41IN4O2. The highest BCUT2D eigenvalue weighted by molar-refractivity contribution is 14.0. The van der Waals surface area contributed by atoms with Gasteiger partial charge >= 0.3 is 0 Å². The molecule has 2 aliphatic heterocycles. The Balaban J connectivity index is 0.00000364. The van der Waals surface area contributed by atoms with Gasteiger partial charge in [0.05, 0.1) is 12.7 Å². The van der Waals surface area contributed by atoms with Gasteiger partial charge in [0.25, 0.3) is 0 Å². The van der Waals surface area contributed by atoms with Crippen molar-refractivity contribution in [3.05, 3.63) is 0 Å². The molecule has 2 rings (SSSR count). The van der Waals surface area contributed by atoms with Crippen LogP contribution in [0.3, 0.4) is 0 Å². The first-order valence-electron chi connectivity index (χ1n) is 10.7. The first-order valence-corrected chi connectivity index (χ1v) is 10.7. The Labute approximate surface area is 183 Å². The van der Waals surface area contributed by atoms with E-state index in [0.717, 1.165) is 64.3 Å². The summed E-state index contributed by atoms with van der Waals surface area (Å²) >= 11 is 0. The molecule has 0 aromatic heterocycles. The van der Waals surface area contributed by atoms with Gasteiger partial charge in [-0.05, 0) is 58.9 Å². The molecule has 160 valence electrons. The fourth-order valence-electron chi connectivity index (χ4n) is 3.67. The zero-order chi connectivity index (χ0) is 18.5. The van der Waals surface area contributed by atoms with Gasteiger partial charge in [-0.25, -0.2) is 0 Å². The van der Waals surface area contributed by atoms with Crippen molar-refractivity contribution < 1.29 is 9.47 Å². The Morgan fingerprint density at radius 3 is 2.81 bits per heavy atom. The number of hydrogen-bond acceptors (Lipinski definition) is 4. The van der Waals surface area contributed by atoms with Gasteiger partial charge in [-0.2, -0.15) is 0 Å². The largest absolute Gasteiger partial charge is 0.379 e. The van der Waals surface area contributed by atoms with Crippen LogP contribution in [0.25, 0.3) is 0 Å². The van der Waals surface area contributed by atoms with Crippen molar-refractivity contribution in [2.75, 3.05) is 52.5 Å². The molecule has 0 radical (unpaired) electrons. The fourth-order valence-corrected chi connectivity index (χ4v) is 3.67. The summed E-state index contributed by atoms with van der Waals surface area (Å²) < 4.78 is 11.3. The van der Waals surface area contributed by atoms with Gasteiger partial charge in [-0.3, -0.25) is 4.99 Å². The van der Waals surface area contributed by atoms with E-state index in [1.807, 2.05) is 0 Å². The highest BCUT2D eigenvalue weighted by Crippen LogP contribution is 2.16. The quantitative estimate of drug-likeness (QED) is 0.199. The van der Waals surface area contributed by atoms with E-state index in [0.29, 0.717) is 6.10 Å². The molecule has 0 aromatic carbocycles. The molecule has 2 aliphatic rings. The second kappa shape index (κ2) is 15.8. The Hall–Kier alpha value is -0.120. The Morgan fingerprint density at radius 2 is 2.07 bits per heavy atom. The molecule has 0 aliphatic carbocycles. The van der Waals surface area contributed by atoms with Crippen molar-refractivity contribution in [2.45, 2.75) is 70.9 Å². The normalized spacial score (nSPS) is 23.9. The molecule has 0 saturated carbocycles. The van der Waals surface area contributed by atoms with Crippen LogP contribution in [0.15, 0.2) is 4.99 Å². The Kier molecular flexibility index (Phi) is 14.5. The van der Waals surface area contributed by atoms with Crippen molar-refractivity contribution in [2.24, 2.45) is 4.99 Å². The summed E-state index contributed by atoms with van der Waals surface area (Å²) in [5.74, 6) is 0.929. The summed E-state index contributed by atoms with van der Waals surface area (Å²) in [5.41, 5.74) is 0. The van der Waals surface area contributed by atoms with Gasteiger partial charge in [0.1, 0.15) is 0 Å². The number of ether oxygens (including phenoxy) is 2. The lowest BCUT2D eigenvalue weighted by Gasteiger charge is -2.33. The Bertz CT molecular complexity index is 392. The van der Waals surface area contributed by atoms with E-state index in [1.165, 1.54) is 45.2 Å². The third-order valence-electron chi connectivity index (χ3n) is 5.24. The van der Waals surface area contributed by atoms with E-state index in [4.69, 9.17) is 9.47 Å². The molecule has 2 fully saturated rings. The SMILES string of the molecule is CCNC(=NCCCOCC1CCCO1)NCCCN1CCCCC1C.I. The van der Waals surface area contributed by atoms with Crippen LogP contribution in [-0.4, -0.2) is 75.5 Å². The standard InChI is InChI=1S/C20H40N4O2.HI/c1-3-21-20(22-11-7-14-24-13-5-4-9-18(24)2)23-12-8-15-25-17-19-10-6-16-26-19;/h18-19H,3-17H2,1-2H3,(H2,21,22,23);1H. The van der Waals surface area contributed by atoms with Crippen LogP contribution in [0.2, 0.25) is 0 Å². The number of piperidine rings is 1. The molecule has 7 heteroatoms. The van der Waals surface area contributed by atoms with Crippen molar-refractivity contribution in [1.82, 2.24) is 15.5 Å². The average molecular weight is 496 g/mol. The van der Waals surface area contributed by atoms with Crippen molar-refractivity contribution in [3.63, 3.8) is 0 Å². The van der Waals surface area contributed by atoms with E-state index in [1.54, 1.807) is 0 Å². The molecule has 6 nitrogen and oxygen atoms in total. The van der Waals surface area contributed by atoms with Gasteiger partial charge < -0.3 is 25.0 Å². The summed E-state index contributed by atoms with van der Waals surface area (Å²) in [5, 5.41) is 6.79. The number of likely N-dealkylation sites (tertiary alicyclic amines) is 1. The number of halogens is 1.